The van der Waals surface area contributed by atoms with Gasteiger partial charge in [0.15, 0.2) is 8.68 Å². The first-order chi connectivity index (χ1) is 16.8. The Kier molecular flexibility index (Phi) is 8.23. The first-order valence-electron chi connectivity index (χ1n) is 9.55. The van der Waals surface area contributed by atoms with E-state index in [9.17, 15) is 14.0 Å². The number of hydrogen-bond donors (Lipinski definition) is 3. The maximum Gasteiger partial charge on any atom is 0.313 e. The van der Waals surface area contributed by atoms with Crippen LogP contribution in [0.15, 0.2) is 45.3 Å². The third-order valence-corrected chi connectivity index (χ3v) is 8.11. The quantitative estimate of drug-likeness (QED) is 0.173. The second-order valence-electron chi connectivity index (χ2n) is 6.68. The number of nitrogens with one attached hydrogen (secondary N) is 2. The van der Waals surface area contributed by atoms with Crippen molar-refractivity contribution in [1.82, 2.24) is 20.2 Å². The maximum absolute atomic E-state index is 14.3. The van der Waals surface area contributed by atoms with Gasteiger partial charge < -0.3 is 15.7 Å². The fraction of sp³-hybridized carbons (Fsp3) is 0.100. The van der Waals surface area contributed by atoms with Crippen LogP contribution >= 0.6 is 58.1 Å². The highest BCUT2D eigenvalue weighted by Crippen LogP contribution is 2.32. The molecule has 0 aliphatic rings. The minimum Gasteiger partial charge on any atom is -0.481 e. The maximum atomic E-state index is 14.3. The van der Waals surface area contributed by atoms with Crippen molar-refractivity contribution in [3.63, 3.8) is 0 Å². The van der Waals surface area contributed by atoms with Crippen LogP contribution in [0.1, 0.15) is 0 Å². The molecular formula is C20H13Cl2FN6O3S3. The van der Waals surface area contributed by atoms with Gasteiger partial charge in [-0.15, -0.1) is 10.2 Å². The van der Waals surface area contributed by atoms with Crippen LogP contribution in [0.5, 0.6) is 0 Å². The Labute approximate surface area is 219 Å². The van der Waals surface area contributed by atoms with E-state index in [4.69, 9.17) is 28.3 Å². The highest BCUT2D eigenvalue weighted by Gasteiger charge is 2.13. The van der Waals surface area contributed by atoms with Gasteiger partial charge >= 0.3 is 5.97 Å². The number of carboxylic acid groups (broad SMARTS) is 1. The summed E-state index contributed by atoms with van der Waals surface area (Å²) < 4.78 is 15.4. The molecule has 4 rings (SSSR count). The Morgan fingerprint density at radius 3 is 2.49 bits per heavy atom. The number of hydrogen-bond acceptors (Lipinski definition) is 10. The van der Waals surface area contributed by atoms with Crippen LogP contribution in [-0.2, 0) is 9.59 Å². The number of aliphatic carboxylic acids is 1. The summed E-state index contributed by atoms with van der Waals surface area (Å²) in [6.45, 7) is 0. The Morgan fingerprint density at radius 2 is 1.74 bits per heavy atom. The smallest absolute Gasteiger partial charge is 0.313 e. The average Bonchev–Trinajstić information content (AvgIpc) is 3.28. The number of fused-ring (bicyclic) bond motifs is 1. The van der Waals surface area contributed by atoms with Gasteiger partial charge in [0.25, 0.3) is 0 Å². The number of rotatable bonds is 9. The van der Waals surface area contributed by atoms with E-state index in [0.29, 0.717) is 31.1 Å². The molecule has 0 saturated heterocycles. The standard InChI is InChI=1S/C20H13Cl2FN6O3S3/c21-11-4-13(23)15(5-12(11)22)27-18-10-3-9(1-2-14(10)24-8-25-18)26-16(30)6-33-19-28-29-20(35-19)34-7-17(31)32/h1-5,8H,6-7H2,(H,26,30)(H,31,32)(H,24,25,27). The Morgan fingerprint density at radius 1 is 1.03 bits per heavy atom. The molecule has 35 heavy (non-hydrogen) atoms. The molecule has 9 nitrogen and oxygen atoms in total. The molecule has 0 unspecified atom stereocenters. The monoisotopic (exact) mass is 570 g/mol. The predicted molar refractivity (Wildman–Crippen MR) is 137 cm³/mol. The summed E-state index contributed by atoms with van der Waals surface area (Å²) in [5, 5.41) is 23.1. The minimum absolute atomic E-state index is 0.0706. The Hall–Kier alpha value is -2.71. The number of anilines is 3. The molecule has 0 saturated carbocycles. The molecule has 0 fully saturated rings. The lowest BCUT2D eigenvalue weighted by Gasteiger charge is -2.11. The van der Waals surface area contributed by atoms with E-state index in [2.05, 4.69) is 30.8 Å². The van der Waals surface area contributed by atoms with Crippen molar-refractivity contribution < 1.29 is 19.1 Å². The van der Waals surface area contributed by atoms with Gasteiger partial charge in [0, 0.05) is 11.1 Å². The Bertz CT molecular complexity index is 1420. The molecule has 0 aliphatic carbocycles. The van der Waals surface area contributed by atoms with E-state index in [1.165, 1.54) is 35.5 Å². The molecule has 3 N–H and O–H groups in total. The van der Waals surface area contributed by atoms with Crippen LogP contribution in [0.2, 0.25) is 10.0 Å². The molecule has 1 amide bonds. The fourth-order valence-electron chi connectivity index (χ4n) is 2.74. The second-order valence-corrected chi connectivity index (χ2v) is 10.9. The molecule has 0 spiro atoms. The normalized spacial score (nSPS) is 10.9. The summed E-state index contributed by atoms with van der Waals surface area (Å²) in [5.74, 6) is -1.56. The summed E-state index contributed by atoms with van der Waals surface area (Å²) in [6.07, 6.45) is 1.33. The number of halogens is 3. The number of nitrogens with zero attached hydrogens (tertiary/aromatic N) is 4. The zero-order chi connectivity index (χ0) is 24.9. The number of thioether (sulfide) groups is 2. The zero-order valence-electron chi connectivity index (χ0n) is 17.3. The van der Waals surface area contributed by atoms with Crippen LogP contribution in [0.4, 0.5) is 21.6 Å². The van der Waals surface area contributed by atoms with E-state index in [1.54, 1.807) is 18.2 Å². The molecular weight excluding hydrogens is 558 g/mol. The minimum atomic E-state index is -0.944. The predicted octanol–water partition coefficient (Wildman–Crippen LogP) is 5.58. The van der Waals surface area contributed by atoms with Crippen molar-refractivity contribution >= 4 is 98.0 Å². The van der Waals surface area contributed by atoms with Crippen molar-refractivity contribution in [1.29, 1.82) is 0 Å². The third-order valence-electron chi connectivity index (χ3n) is 4.22. The van der Waals surface area contributed by atoms with Crippen molar-refractivity contribution in [3.05, 3.63) is 52.5 Å². The highest BCUT2D eigenvalue weighted by atomic mass is 35.5. The third kappa shape index (κ3) is 6.70. The van der Waals surface area contributed by atoms with Crippen molar-refractivity contribution in [2.45, 2.75) is 8.68 Å². The second kappa shape index (κ2) is 11.4. The lowest BCUT2D eigenvalue weighted by molar-refractivity contribution is -0.133. The average molecular weight is 571 g/mol. The lowest BCUT2D eigenvalue weighted by Crippen LogP contribution is -2.14. The van der Waals surface area contributed by atoms with Crippen LogP contribution in [0.25, 0.3) is 10.9 Å². The zero-order valence-corrected chi connectivity index (χ0v) is 21.3. The molecule has 4 aromatic rings. The van der Waals surface area contributed by atoms with Crippen LogP contribution in [0.3, 0.4) is 0 Å². The van der Waals surface area contributed by atoms with Gasteiger partial charge in [0.05, 0.1) is 32.8 Å². The molecule has 0 radical (unpaired) electrons. The van der Waals surface area contributed by atoms with Crippen LogP contribution in [0, 0.1) is 5.82 Å². The van der Waals surface area contributed by atoms with Crippen molar-refractivity contribution in [2.24, 2.45) is 0 Å². The summed E-state index contributed by atoms with van der Waals surface area (Å²) in [6, 6.07) is 7.51. The van der Waals surface area contributed by atoms with Gasteiger partial charge in [0.2, 0.25) is 5.91 Å². The molecule has 180 valence electrons. The number of amides is 1. The van der Waals surface area contributed by atoms with E-state index in [0.717, 1.165) is 17.8 Å². The molecule has 2 aromatic carbocycles. The lowest BCUT2D eigenvalue weighted by atomic mass is 10.2. The summed E-state index contributed by atoms with van der Waals surface area (Å²) in [4.78, 5) is 31.5. The number of aromatic nitrogens is 4. The molecule has 0 atom stereocenters. The van der Waals surface area contributed by atoms with Crippen molar-refractivity contribution in [3.8, 4) is 0 Å². The number of carbonyl (C=O) groups excluding carboxylic acids is 1. The van der Waals surface area contributed by atoms with Gasteiger partial charge in [-0.3, -0.25) is 9.59 Å². The topological polar surface area (TPSA) is 130 Å². The van der Waals surface area contributed by atoms with Crippen LogP contribution < -0.4 is 10.6 Å². The fourth-order valence-corrected chi connectivity index (χ4v) is 5.60. The van der Waals surface area contributed by atoms with E-state index >= 15 is 0 Å². The number of carboxylic acids is 1. The van der Waals surface area contributed by atoms with E-state index in [-0.39, 0.29) is 33.1 Å². The Balaban J connectivity index is 1.44. The van der Waals surface area contributed by atoms with Gasteiger partial charge in [-0.25, -0.2) is 14.4 Å². The highest BCUT2D eigenvalue weighted by molar-refractivity contribution is 8.03. The molecule has 2 aromatic heterocycles. The van der Waals surface area contributed by atoms with Gasteiger partial charge in [-0.1, -0.05) is 58.1 Å². The van der Waals surface area contributed by atoms with Gasteiger partial charge in [0.1, 0.15) is 18.0 Å². The number of carbonyl (C=O) groups is 2. The molecule has 15 heteroatoms. The summed E-state index contributed by atoms with van der Waals surface area (Å²) in [5.41, 5.74) is 1.16. The van der Waals surface area contributed by atoms with E-state index < -0.39 is 11.8 Å². The van der Waals surface area contributed by atoms with Gasteiger partial charge in [-0.05, 0) is 30.3 Å². The largest absolute Gasteiger partial charge is 0.481 e. The summed E-state index contributed by atoms with van der Waals surface area (Å²) in [7, 11) is 0. The first kappa shape index (κ1) is 25.4. The summed E-state index contributed by atoms with van der Waals surface area (Å²) >= 11 is 15.3. The number of benzene rings is 2. The molecule has 0 aliphatic heterocycles. The van der Waals surface area contributed by atoms with E-state index in [1.807, 2.05) is 0 Å². The van der Waals surface area contributed by atoms with Crippen molar-refractivity contribution in [2.75, 3.05) is 22.1 Å². The first-order valence-corrected chi connectivity index (χ1v) is 13.1. The van der Waals surface area contributed by atoms with Gasteiger partial charge in [-0.2, -0.15) is 0 Å². The SMILES string of the molecule is O=C(O)CSc1nnc(SCC(=O)Nc2ccc3ncnc(Nc4cc(Cl)c(Cl)cc4F)c3c2)s1. The molecule has 0 bridgehead atoms. The molecule has 2 heterocycles. The van der Waals surface area contributed by atoms with Crippen LogP contribution in [-0.4, -0.2) is 48.7 Å².